The molecular weight excluding hydrogens is 264 g/mol. The standard InChI is InChI=1S/C16H20N4O/c1-4-17-15-12-9-21-6-5-13(12)19-16(20-15)14-11(3)7-10(2)8-18-14/h7-8H,4-6,9H2,1-3H3,(H,17,19,20). The summed E-state index contributed by atoms with van der Waals surface area (Å²) in [6.45, 7) is 8.27. The molecule has 0 spiro atoms. The maximum Gasteiger partial charge on any atom is 0.180 e. The second-order valence-electron chi connectivity index (χ2n) is 5.33. The van der Waals surface area contributed by atoms with Crippen molar-refractivity contribution >= 4 is 5.82 Å². The van der Waals surface area contributed by atoms with Gasteiger partial charge in [0.1, 0.15) is 11.5 Å². The summed E-state index contributed by atoms with van der Waals surface area (Å²) in [7, 11) is 0. The number of rotatable bonds is 3. The van der Waals surface area contributed by atoms with Crippen molar-refractivity contribution in [1.82, 2.24) is 15.0 Å². The summed E-state index contributed by atoms with van der Waals surface area (Å²) in [6, 6.07) is 2.11. The van der Waals surface area contributed by atoms with Crippen molar-refractivity contribution in [2.24, 2.45) is 0 Å². The van der Waals surface area contributed by atoms with Crippen LogP contribution in [0.1, 0.15) is 29.3 Å². The molecular formula is C16H20N4O. The molecule has 1 aliphatic heterocycles. The molecule has 0 atom stereocenters. The van der Waals surface area contributed by atoms with E-state index in [-0.39, 0.29) is 0 Å². The van der Waals surface area contributed by atoms with Gasteiger partial charge in [-0.1, -0.05) is 6.07 Å². The molecule has 2 aromatic rings. The lowest BCUT2D eigenvalue weighted by atomic mass is 10.1. The molecule has 21 heavy (non-hydrogen) atoms. The molecule has 5 heteroatoms. The molecule has 5 nitrogen and oxygen atoms in total. The summed E-state index contributed by atoms with van der Waals surface area (Å²) in [4.78, 5) is 13.9. The van der Waals surface area contributed by atoms with Gasteiger partial charge in [-0.3, -0.25) is 4.98 Å². The zero-order valence-corrected chi connectivity index (χ0v) is 12.7. The summed E-state index contributed by atoms with van der Waals surface area (Å²) in [5, 5.41) is 3.32. The quantitative estimate of drug-likeness (QED) is 0.939. The van der Waals surface area contributed by atoms with Crippen LogP contribution in [0.2, 0.25) is 0 Å². The molecule has 3 heterocycles. The van der Waals surface area contributed by atoms with Crippen molar-refractivity contribution in [3.63, 3.8) is 0 Å². The Balaban J connectivity index is 2.12. The second kappa shape index (κ2) is 5.77. The number of fused-ring (bicyclic) bond motifs is 1. The number of hydrogen-bond donors (Lipinski definition) is 1. The summed E-state index contributed by atoms with van der Waals surface area (Å²) in [5.74, 6) is 1.57. The smallest absolute Gasteiger partial charge is 0.180 e. The number of ether oxygens (including phenoxy) is 1. The minimum Gasteiger partial charge on any atom is -0.376 e. The van der Waals surface area contributed by atoms with Gasteiger partial charge in [0.15, 0.2) is 5.82 Å². The predicted octanol–water partition coefficient (Wildman–Crippen LogP) is 2.66. The second-order valence-corrected chi connectivity index (χ2v) is 5.33. The van der Waals surface area contributed by atoms with Crippen molar-refractivity contribution < 1.29 is 4.74 Å². The molecule has 1 aliphatic rings. The van der Waals surface area contributed by atoms with E-state index in [0.717, 1.165) is 53.5 Å². The maximum absolute atomic E-state index is 5.53. The molecule has 0 amide bonds. The van der Waals surface area contributed by atoms with E-state index < -0.39 is 0 Å². The van der Waals surface area contributed by atoms with E-state index in [1.165, 1.54) is 0 Å². The van der Waals surface area contributed by atoms with E-state index >= 15 is 0 Å². The summed E-state index contributed by atoms with van der Waals surface area (Å²) in [5.41, 5.74) is 5.26. The van der Waals surface area contributed by atoms with Crippen LogP contribution in [0, 0.1) is 13.8 Å². The first-order valence-electron chi connectivity index (χ1n) is 7.34. The Morgan fingerprint density at radius 1 is 1.29 bits per heavy atom. The summed E-state index contributed by atoms with van der Waals surface area (Å²) in [6.07, 6.45) is 2.69. The normalized spacial score (nSPS) is 13.9. The molecule has 0 saturated carbocycles. The van der Waals surface area contributed by atoms with Crippen molar-refractivity contribution in [3.8, 4) is 11.5 Å². The van der Waals surface area contributed by atoms with Crippen molar-refractivity contribution in [2.75, 3.05) is 18.5 Å². The fourth-order valence-electron chi connectivity index (χ4n) is 2.60. The fraction of sp³-hybridized carbons (Fsp3) is 0.438. The highest BCUT2D eigenvalue weighted by atomic mass is 16.5. The highest BCUT2D eigenvalue weighted by Gasteiger charge is 2.19. The number of anilines is 1. The van der Waals surface area contributed by atoms with Gasteiger partial charge in [-0.25, -0.2) is 9.97 Å². The Morgan fingerprint density at radius 3 is 2.90 bits per heavy atom. The van der Waals surface area contributed by atoms with E-state index in [9.17, 15) is 0 Å². The van der Waals surface area contributed by atoms with Crippen LogP contribution in [0.25, 0.3) is 11.5 Å². The van der Waals surface area contributed by atoms with Crippen LogP contribution < -0.4 is 5.32 Å². The lowest BCUT2D eigenvalue weighted by Crippen LogP contribution is -2.17. The third-order valence-corrected chi connectivity index (χ3v) is 3.59. The first kappa shape index (κ1) is 13.9. The van der Waals surface area contributed by atoms with Crippen molar-refractivity contribution in [3.05, 3.63) is 34.6 Å². The molecule has 2 aromatic heterocycles. The number of nitrogens with zero attached hydrogens (tertiary/aromatic N) is 3. The molecule has 0 unspecified atom stereocenters. The van der Waals surface area contributed by atoms with Crippen LogP contribution in [0.3, 0.4) is 0 Å². The van der Waals surface area contributed by atoms with E-state index in [4.69, 9.17) is 9.72 Å². The van der Waals surface area contributed by atoms with Gasteiger partial charge in [0.25, 0.3) is 0 Å². The average Bonchev–Trinajstić information content (AvgIpc) is 2.47. The number of aromatic nitrogens is 3. The van der Waals surface area contributed by atoms with Gasteiger partial charge in [-0.15, -0.1) is 0 Å². The largest absolute Gasteiger partial charge is 0.376 e. The van der Waals surface area contributed by atoms with Crippen LogP contribution in [-0.2, 0) is 17.8 Å². The third-order valence-electron chi connectivity index (χ3n) is 3.59. The monoisotopic (exact) mass is 284 g/mol. The number of pyridine rings is 1. The van der Waals surface area contributed by atoms with Crippen LogP contribution in [0.5, 0.6) is 0 Å². The molecule has 110 valence electrons. The Kier molecular flexibility index (Phi) is 3.84. The minimum absolute atomic E-state index is 0.582. The number of aryl methyl sites for hydroxylation is 2. The van der Waals surface area contributed by atoms with Crippen LogP contribution in [-0.4, -0.2) is 28.1 Å². The molecule has 0 bridgehead atoms. The Bertz CT molecular complexity index is 670. The Morgan fingerprint density at radius 2 is 2.14 bits per heavy atom. The topological polar surface area (TPSA) is 59.9 Å². The summed E-state index contributed by atoms with van der Waals surface area (Å²) >= 11 is 0. The Hall–Kier alpha value is -2.01. The van der Waals surface area contributed by atoms with E-state index in [0.29, 0.717) is 12.4 Å². The molecule has 0 fully saturated rings. The first-order chi connectivity index (χ1) is 10.2. The molecule has 3 rings (SSSR count). The van der Waals surface area contributed by atoms with Crippen molar-refractivity contribution in [2.45, 2.75) is 33.8 Å². The molecule has 0 aliphatic carbocycles. The van der Waals surface area contributed by atoms with Gasteiger partial charge < -0.3 is 10.1 Å². The van der Waals surface area contributed by atoms with Gasteiger partial charge in [-0.05, 0) is 31.9 Å². The predicted molar refractivity (Wildman–Crippen MR) is 82.3 cm³/mol. The minimum atomic E-state index is 0.582. The van der Waals surface area contributed by atoms with Gasteiger partial charge in [0, 0.05) is 24.7 Å². The van der Waals surface area contributed by atoms with Gasteiger partial charge in [0.05, 0.1) is 18.9 Å². The molecule has 0 radical (unpaired) electrons. The molecule has 0 aromatic carbocycles. The zero-order chi connectivity index (χ0) is 14.8. The molecule has 1 N–H and O–H groups in total. The van der Waals surface area contributed by atoms with Gasteiger partial charge in [-0.2, -0.15) is 0 Å². The summed E-state index contributed by atoms with van der Waals surface area (Å²) < 4.78 is 5.53. The van der Waals surface area contributed by atoms with E-state index in [1.807, 2.05) is 20.0 Å². The zero-order valence-electron chi connectivity index (χ0n) is 12.7. The third kappa shape index (κ3) is 2.74. The number of hydrogen-bond acceptors (Lipinski definition) is 5. The SMILES string of the molecule is CCNc1nc(-c2ncc(C)cc2C)nc2c1COCC2. The average molecular weight is 284 g/mol. The van der Waals surface area contributed by atoms with Gasteiger partial charge >= 0.3 is 0 Å². The van der Waals surface area contributed by atoms with Crippen LogP contribution in [0.4, 0.5) is 5.82 Å². The first-order valence-corrected chi connectivity index (χ1v) is 7.34. The highest BCUT2D eigenvalue weighted by Crippen LogP contribution is 2.26. The molecule has 0 saturated heterocycles. The van der Waals surface area contributed by atoms with E-state index in [1.54, 1.807) is 0 Å². The number of nitrogens with one attached hydrogen (secondary N) is 1. The lowest BCUT2D eigenvalue weighted by molar-refractivity contribution is 0.109. The van der Waals surface area contributed by atoms with Crippen LogP contribution >= 0.6 is 0 Å². The lowest BCUT2D eigenvalue weighted by Gasteiger charge is -2.20. The van der Waals surface area contributed by atoms with Crippen molar-refractivity contribution in [1.29, 1.82) is 0 Å². The fourth-order valence-corrected chi connectivity index (χ4v) is 2.60. The van der Waals surface area contributed by atoms with Gasteiger partial charge in [0.2, 0.25) is 0 Å². The van der Waals surface area contributed by atoms with Crippen LogP contribution in [0.15, 0.2) is 12.3 Å². The maximum atomic E-state index is 5.53. The Labute approximate surface area is 124 Å². The van der Waals surface area contributed by atoms with E-state index in [2.05, 4.69) is 28.3 Å². The highest BCUT2D eigenvalue weighted by molar-refractivity contribution is 5.60.